The summed E-state index contributed by atoms with van der Waals surface area (Å²) in [6.07, 6.45) is 1.49. The van der Waals surface area contributed by atoms with Crippen LogP contribution in [0.2, 0.25) is 0 Å². The van der Waals surface area contributed by atoms with Crippen molar-refractivity contribution < 1.29 is 9.90 Å². The summed E-state index contributed by atoms with van der Waals surface area (Å²) in [5, 5.41) is 12.1. The molecular weight excluding hydrogens is 228 g/mol. The Bertz CT molecular complexity index is 383. The number of aliphatic hydroxyl groups is 1. The number of carbonyl (C=O) groups is 1. The van der Waals surface area contributed by atoms with Gasteiger partial charge in [0.15, 0.2) is 0 Å². The summed E-state index contributed by atoms with van der Waals surface area (Å²) in [5.74, 6) is -0.160. The highest BCUT2D eigenvalue weighted by Gasteiger charge is 2.23. The van der Waals surface area contributed by atoms with Crippen molar-refractivity contribution in [2.45, 2.75) is 32.2 Å². The van der Waals surface area contributed by atoms with Gasteiger partial charge in [-0.2, -0.15) is 0 Å². The van der Waals surface area contributed by atoms with E-state index < -0.39 is 5.54 Å². The third-order valence-corrected chi connectivity index (χ3v) is 3.19. The van der Waals surface area contributed by atoms with Gasteiger partial charge >= 0.3 is 0 Å². The third-order valence-electron chi connectivity index (χ3n) is 3.19. The summed E-state index contributed by atoms with van der Waals surface area (Å²) in [6.45, 7) is 4.29. The predicted octanol–water partition coefficient (Wildman–Crippen LogP) is 1.08. The van der Waals surface area contributed by atoms with E-state index in [0.29, 0.717) is 18.5 Å². The minimum atomic E-state index is -0.562. The van der Waals surface area contributed by atoms with Gasteiger partial charge in [-0.15, -0.1) is 0 Å². The first kappa shape index (κ1) is 14.7. The molecule has 100 valence electrons. The van der Waals surface area contributed by atoms with Crippen molar-refractivity contribution in [2.24, 2.45) is 5.73 Å². The van der Waals surface area contributed by atoms with Crippen molar-refractivity contribution in [3.8, 4) is 0 Å². The van der Waals surface area contributed by atoms with Crippen molar-refractivity contribution in [1.82, 2.24) is 5.32 Å². The Morgan fingerprint density at radius 3 is 2.44 bits per heavy atom. The molecule has 0 heterocycles. The quantitative estimate of drug-likeness (QED) is 0.707. The van der Waals surface area contributed by atoms with Gasteiger partial charge in [0.2, 0.25) is 0 Å². The highest BCUT2D eigenvalue weighted by Crippen LogP contribution is 2.11. The number of amides is 1. The molecule has 0 aliphatic carbocycles. The standard InChI is InChI=1S/C14H22N2O2/c1-3-14(2,10-17)16-13(18)12-6-4-11(5-7-12)8-9-15/h4-7,17H,3,8-10,15H2,1-2H3,(H,16,18). The summed E-state index contributed by atoms with van der Waals surface area (Å²) >= 11 is 0. The van der Waals surface area contributed by atoms with Crippen LogP contribution in [0.15, 0.2) is 24.3 Å². The van der Waals surface area contributed by atoms with Gasteiger partial charge < -0.3 is 16.2 Å². The van der Waals surface area contributed by atoms with E-state index in [2.05, 4.69) is 5.32 Å². The van der Waals surface area contributed by atoms with Gasteiger partial charge in [-0.25, -0.2) is 0 Å². The molecule has 4 nitrogen and oxygen atoms in total. The maximum Gasteiger partial charge on any atom is 0.251 e. The topological polar surface area (TPSA) is 75.3 Å². The highest BCUT2D eigenvalue weighted by atomic mass is 16.3. The van der Waals surface area contributed by atoms with E-state index in [9.17, 15) is 9.90 Å². The molecule has 1 atom stereocenters. The number of nitrogens with two attached hydrogens (primary N) is 1. The Labute approximate surface area is 108 Å². The first-order chi connectivity index (χ1) is 8.54. The third kappa shape index (κ3) is 3.82. The van der Waals surface area contributed by atoms with E-state index in [1.807, 2.05) is 26.0 Å². The van der Waals surface area contributed by atoms with Crippen LogP contribution in [0.5, 0.6) is 0 Å². The molecule has 0 aliphatic rings. The number of hydrogen-bond acceptors (Lipinski definition) is 3. The molecule has 0 spiro atoms. The number of hydrogen-bond donors (Lipinski definition) is 3. The van der Waals surface area contributed by atoms with Gasteiger partial charge in [-0.05, 0) is 44.0 Å². The van der Waals surface area contributed by atoms with Gasteiger partial charge in [-0.3, -0.25) is 4.79 Å². The SMILES string of the molecule is CCC(C)(CO)NC(=O)c1ccc(CCN)cc1. The molecule has 1 rings (SSSR count). The second kappa shape index (κ2) is 6.52. The lowest BCUT2D eigenvalue weighted by Crippen LogP contribution is -2.48. The van der Waals surface area contributed by atoms with E-state index in [0.717, 1.165) is 12.0 Å². The molecule has 1 aromatic rings. The van der Waals surface area contributed by atoms with Crippen LogP contribution in [-0.2, 0) is 6.42 Å². The molecular formula is C14H22N2O2. The van der Waals surface area contributed by atoms with Gasteiger partial charge in [0, 0.05) is 5.56 Å². The van der Waals surface area contributed by atoms with Gasteiger partial charge in [0.25, 0.3) is 5.91 Å². The van der Waals surface area contributed by atoms with Gasteiger partial charge in [-0.1, -0.05) is 19.1 Å². The zero-order chi connectivity index (χ0) is 13.6. The zero-order valence-corrected chi connectivity index (χ0v) is 11.1. The maximum absolute atomic E-state index is 12.0. The van der Waals surface area contributed by atoms with E-state index >= 15 is 0 Å². The van der Waals surface area contributed by atoms with Crippen LogP contribution in [0.1, 0.15) is 36.2 Å². The van der Waals surface area contributed by atoms with Crippen molar-refractivity contribution in [3.63, 3.8) is 0 Å². The maximum atomic E-state index is 12.0. The molecule has 1 amide bonds. The molecule has 0 fully saturated rings. The molecule has 0 aliphatic heterocycles. The van der Waals surface area contributed by atoms with E-state index in [1.54, 1.807) is 12.1 Å². The fraction of sp³-hybridized carbons (Fsp3) is 0.500. The average Bonchev–Trinajstić information content (AvgIpc) is 2.39. The molecule has 4 N–H and O–H groups in total. The molecule has 0 saturated heterocycles. The summed E-state index contributed by atoms with van der Waals surface area (Å²) in [5.41, 5.74) is 6.63. The van der Waals surface area contributed by atoms with Crippen molar-refractivity contribution in [1.29, 1.82) is 0 Å². The monoisotopic (exact) mass is 250 g/mol. The van der Waals surface area contributed by atoms with Crippen LogP contribution in [0, 0.1) is 0 Å². The molecule has 1 unspecified atom stereocenters. The second-order valence-electron chi connectivity index (χ2n) is 4.76. The number of nitrogens with one attached hydrogen (secondary N) is 1. The summed E-state index contributed by atoms with van der Waals surface area (Å²) in [7, 11) is 0. The number of aliphatic hydroxyl groups excluding tert-OH is 1. The Hall–Kier alpha value is -1.39. The van der Waals surface area contributed by atoms with Crippen LogP contribution >= 0.6 is 0 Å². The summed E-state index contributed by atoms with van der Waals surface area (Å²) < 4.78 is 0. The fourth-order valence-electron chi connectivity index (χ4n) is 1.58. The molecule has 0 bridgehead atoms. The normalized spacial score (nSPS) is 14.0. The van der Waals surface area contributed by atoms with Gasteiger partial charge in [0.1, 0.15) is 0 Å². The summed E-state index contributed by atoms with van der Waals surface area (Å²) in [4.78, 5) is 12.0. The minimum absolute atomic E-state index is 0.0690. The zero-order valence-electron chi connectivity index (χ0n) is 11.1. The smallest absolute Gasteiger partial charge is 0.251 e. The van der Waals surface area contributed by atoms with Crippen LogP contribution in [0.25, 0.3) is 0 Å². The molecule has 1 aromatic carbocycles. The molecule has 0 saturated carbocycles. The lowest BCUT2D eigenvalue weighted by molar-refractivity contribution is 0.0847. The van der Waals surface area contributed by atoms with Gasteiger partial charge in [0.05, 0.1) is 12.1 Å². The number of rotatable bonds is 6. The Morgan fingerprint density at radius 1 is 1.39 bits per heavy atom. The van der Waals surface area contributed by atoms with Crippen LogP contribution in [0.3, 0.4) is 0 Å². The first-order valence-corrected chi connectivity index (χ1v) is 6.27. The Balaban J connectivity index is 2.72. The van der Waals surface area contributed by atoms with Crippen molar-refractivity contribution >= 4 is 5.91 Å². The molecule has 18 heavy (non-hydrogen) atoms. The minimum Gasteiger partial charge on any atom is -0.394 e. The average molecular weight is 250 g/mol. The lowest BCUT2D eigenvalue weighted by Gasteiger charge is -2.27. The van der Waals surface area contributed by atoms with E-state index in [-0.39, 0.29) is 12.5 Å². The van der Waals surface area contributed by atoms with E-state index in [1.165, 1.54) is 0 Å². The molecule has 0 aromatic heterocycles. The highest BCUT2D eigenvalue weighted by molar-refractivity contribution is 5.94. The number of benzene rings is 1. The second-order valence-corrected chi connectivity index (χ2v) is 4.76. The van der Waals surface area contributed by atoms with Crippen molar-refractivity contribution in [2.75, 3.05) is 13.2 Å². The summed E-state index contributed by atoms with van der Waals surface area (Å²) in [6, 6.07) is 7.38. The molecule has 0 radical (unpaired) electrons. The largest absolute Gasteiger partial charge is 0.394 e. The Kier molecular flexibility index (Phi) is 5.31. The van der Waals surface area contributed by atoms with E-state index in [4.69, 9.17) is 5.73 Å². The first-order valence-electron chi connectivity index (χ1n) is 6.27. The van der Waals surface area contributed by atoms with Crippen LogP contribution in [-0.4, -0.2) is 29.7 Å². The van der Waals surface area contributed by atoms with Crippen LogP contribution < -0.4 is 11.1 Å². The molecule has 4 heteroatoms. The predicted molar refractivity (Wildman–Crippen MR) is 72.4 cm³/mol. The lowest BCUT2D eigenvalue weighted by atomic mass is 9.99. The van der Waals surface area contributed by atoms with Crippen molar-refractivity contribution in [3.05, 3.63) is 35.4 Å². The Morgan fingerprint density at radius 2 is 2.00 bits per heavy atom. The van der Waals surface area contributed by atoms with Crippen LogP contribution in [0.4, 0.5) is 0 Å². The number of carbonyl (C=O) groups excluding carboxylic acids is 1. The fourth-order valence-corrected chi connectivity index (χ4v) is 1.58.